The lowest BCUT2D eigenvalue weighted by molar-refractivity contribution is -0.154. The standard InChI is InChI=1S/C16H21NO6S/c1-17(9-12-5-3-4-6-14(12)22-2)15(18)10-23-16(19)13-7-8-24(20,21)11-13/h3-6,13H,7-11H2,1-2H3. The molecule has 1 saturated heterocycles. The summed E-state index contributed by atoms with van der Waals surface area (Å²) < 4.78 is 32.9. The van der Waals surface area contributed by atoms with Gasteiger partial charge in [-0.1, -0.05) is 18.2 Å². The van der Waals surface area contributed by atoms with Gasteiger partial charge >= 0.3 is 5.97 Å². The van der Waals surface area contributed by atoms with Crippen molar-refractivity contribution in [2.24, 2.45) is 5.92 Å². The number of sulfone groups is 1. The molecule has 0 aromatic heterocycles. The first-order valence-corrected chi connectivity index (χ1v) is 9.37. The van der Waals surface area contributed by atoms with Crippen LogP contribution >= 0.6 is 0 Å². The van der Waals surface area contributed by atoms with Crippen LogP contribution in [0.2, 0.25) is 0 Å². The van der Waals surface area contributed by atoms with Crippen molar-refractivity contribution in [1.82, 2.24) is 4.90 Å². The van der Waals surface area contributed by atoms with E-state index >= 15 is 0 Å². The quantitative estimate of drug-likeness (QED) is 0.696. The van der Waals surface area contributed by atoms with Crippen molar-refractivity contribution < 1.29 is 27.5 Å². The summed E-state index contributed by atoms with van der Waals surface area (Å²) >= 11 is 0. The summed E-state index contributed by atoms with van der Waals surface area (Å²) in [5.41, 5.74) is 0.837. The highest BCUT2D eigenvalue weighted by Gasteiger charge is 2.34. The van der Waals surface area contributed by atoms with E-state index in [1.807, 2.05) is 18.2 Å². The van der Waals surface area contributed by atoms with Crippen LogP contribution in [-0.2, 0) is 30.7 Å². The van der Waals surface area contributed by atoms with E-state index in [0.717, 1.165) is 5.56 Å². The predicted molar refractivity (Wildman–Crippen MR) is 87.2 cm³/mol. The van der Waals surface area contributed by atoms with Gasteiger partial charge in [-0.25, -0.2) is 8.42 Å². The fraction of sp³-hybridized carbons (Fsp3) is 0.500. The summed E-state index contributed by atoms with van der Waals surface area (Å²) in [5.74, 6) is -1.19. The maximum Gasteiger partial charge on any atom is 0.310 e. The van der Waals surface area contributed by atoms with Crippen molar-refractivity contribution in [2.75, 3.05) is 32.3 Å². The van der Waals surface area contributed by atoms with E-state index in [-0.39, 0.29) is 23.8 Å². The van der Waals surface area contributed by atoms with Crippen LogP contribution in [0.4, 0.5) is 0 Å². The third kappa shape index (κ3) is 4.70. The van der Waals surface area contributed by atoms with E-state index in [1.165, 1.54) is 4.90 Å². The molecular formula is C16H21NO6S. The third-order valence-corrected chi connectivity index (χ3v) is 5.70. The topological polar surface area (TPSA) is 90.0 Å². The number of amides is 1. The van der Waals surface area contributed by atoms with Gasteiger partial charge in [0.2, 0.25) is 0 Å². The van der Waals surface area contributed by atoms with Crippen molar-refractivity contribution in [1.29, 1.82) is 0 Å². The minimum absolute atomic E-state index is 0.00554. The van der Waals surface area contributed by atoms with Crippen molar-refractivity contribution in [3.63, 3.8) is 0 Å². The summed E-state index contributed by atoms with van der Waals surface area (Å²) in [5, 5.41) is 0. The van der Waals surface area contributed by atoms with Crippen LogP contribution < -0.4 is 4.74 Å². The summed E-state index contributed by atoms with van der Waals surface area (Å²) in [6, 6.07) is 7.32. The smallest absolute Gasteiger partial charge is 0.310 e. The number of benzene rings is 1. The molecule has 8 heteroatoms. The molecule has 0 radical (unpaired) electrons. The van der Waals surface area contributed by atoms with E-state index in [0.29, 0.717) is 12.3 Å². The number of carbonyl (C=O) groups excluding carboxylic acids is 2. The van der Waals surface area contributed by atoms with E-state index < -0.39 is 28.3 Å². The number of para-hydroxylation sites is 1. The SMILES string of the molecule is COc1ccccc1CN(C)C(=O)COC(=O)C1CCS(=O)(=O)C1. The average Bonchev–Trinajstić information content (AvgIpc) is 2.92. The van der Waals surface area contributed by atoms with Crippen LogP contribution in [0, 0.1) is 5.92 Å². The largest absolute Gasteiger partial charge is 0.496 e. The minimum atomic E-state index is -3.15. The Morgan fingerprint density at radius 3 is 2.62 bits per heavy atom. The molecule has 1 fully saturated rings. The van der Waals surface area contributed by atoms with Gasteiger partial charge in [0.15, 0.2) is 16.4 Å². The third-order valence-electron chi connectivity index (χ3n) is 3.93. The highest BCUT2D eigenvalue weighted by molar-refractivity contribution is 7.91. The molecule has 0 aliphatic carbocycles. The van der Waals surface area contributed by atoms with Gasteiger partial charge < -0.3 is 14.4 Å². The summed E-state index contributed by atoms with van der Waals surface area (Å²) in [6.45, 7) is -0.0841. The van der Waals surface area contributed by atoms with Crippen LogP contribution in [0.1, 0.15) is 12.0 Å². The molecule has 24 heavy (non-hydrogen) atoms. The number of likely N-dealkylation sites (N-methyl/N-ethyl adjacent to an activating group) is 1. The van der Waals surface area contributed by atoms with Gasteiger partial charge in [0.25, 0.3) is 5.91 Å². The molecule has 1 aliphatic heterocycles. The van der Waals surface area contributed by atoms with Gasteiger partial charge in [-0.05, 0) is 12.5 Å². The van der Waals surface area contributed by atoms with E-state index in [1.54, 1.807) is 20.2 Å². The number of ether oxygens (including phenoxy) is 2. The molecule has 0 saturated carbocycles. The van der Waals surface area contributed by atoms with Gasteiger partial charge in [0.1, 0.15) is 5.75 Å². The molecule has 0 bridgehead atoms. The fourth-order valence-corrected chi connectivity index (χ4v) is 4.25. The summed E-state index contributed by atoms with van der Waals surface area (Å²) in [7, 11) is -0.000348. The fourth-order valence-electron chi connectivity index (χ4n) is 2.52. The molecule has 0 spiro atoms. The molecular weight excluding hydrogens is 334 g/mol. The first-order chi connectivity index (χ1) is 11.3. The lowest BCUT2D eigenvalue weighted by atomic mass is 10.1. The van der Waals surface area contributed by atoms with Crippen LogP contribution in [0.3, 0.4) is 0 Å². The monoisotopic (exact) mass is 355 g/mol. The number of nitrogens with zero attached hydrogens (tertiary/aromatic N) is 1. The van der Waals surface area contributed by atoms with Gasteiger partial charge in [0.05, 0.1) is 24.5 Å². The number of hydrogen-bond acceptors (Lipinski definition) is 6. The van der Waals surface area contributed by atoms with Gasteiger partial charge in [0, 0.05) is 19.2 Å². The molecule has 1 atom stereocenters. The van der Waals surface area contributed by atoms with Gasteiger partial charge in [-0.15, -0.1) is 0 Å². The van der Waals surface area contributed by atoms with Gasteiger partial charge in [-0.3, -0.25) is 9.59 Å². The molecule has 1 aromatic rings. The Hall–Kier alpha value is -2.09. The van der Waals surface area contributed by atoms with Crippen LogP contribution in [-0.4, -0.2) is 57.5 Å². The highest BCUT2D eigenvalue weighted by Crippen LogP contribution is 2.20. The van der Waals surface area contributed by atoms with Crippen LogP contribution in [0.5, 0.6) is 5.75 Å². The van der Waals surface area contributed by atoms with E-state index in [2.05, 4.69) is 0 Å². The first kappa shape index (κ1) is 18.3. The van der Waals surface area contributed by atoms with E-state index in [4.69, 9.17) is 9.47 Å². The molecule has 1 amide bonds. The second kappa shape index (κ2) is 7.65. The molecule has 0 N–H and O–H groups in total. The number of carbonyl (C=O) groups is 2. The summed E-state index contributed by atoms with van der Waals surface area (Å²) in [4.78, 5) is 25.4. The normalized spacial score (nSPS) is 18.8. The Morgan fingerprint density at radius 2 is 2.00 bits per heavy atom. The Bertz CT molecular complexity index is 715. The molecule has 1 heterocycles. The Balaban J connectivity index is 1.85. The van der Waals surface area contributed by atoms with Crippen molar-refractivity contribution in [2.45, 2.75) is 13.0 Å². The minimum Gasteiger partial charge on any atom is -0.496 e. The molecule has 1 aromatic carbocycles. The zero-order chi connectivity index (χ0) is 17.7. The molecule has 2 rings (SSSR count). The predicted octanol–water partition coefficient (Wildman–Crippen LogP) is 0.632. The highest BCUT2D eigenvalue weighted by atomic mass is 32.2. The average molecular weight is 355 g/mol. The lowest BCUT2D eigenvalue weighted by Crippen LogP contribution is -2.32. The zero-order valence-electron chi connectivity index (χ0n) is 13.7. The van der Waals surface area contributed by atoms with Crippen molar-refractivity contribution in [3.05, 3.63) is 29.8 Å². The number of esters is 1. The maximum absolute atomic E-state index is 12.1. The molecule has 7 nitrogen and oxygen atoms in total. The van der Waals surface area contributed by atoms with Crippen LogP contribution in [0.15, 0.2) is 24.3 Å². The first-order valence-electron chi connectivity index (χ1n) is 7.55. The molecule has 1 aliphatic rings. The summed E-state index contributed by atoms with van der Waals surface area (Å²) in [6.07, 6.45) is 0.256. The van der Waals surface area contributed by atoms with Crippen molar-refractivity contribution >= 4 is 21.7 Å². The lowest BCUT2D eigenvalue weighted by Gasteiger charge is -2.19. The Kier molecular flexibility index (Phi) is 5.82. The van der Waals surface area contributed by atoms with Crippen molar-refractivity contribution in [3.8, 4) is 5.75 Å². The van der Waals surface area contributed by atoms with Crippen LogP contribution in [0.25, 0.3) is 0 Å². The molecule has 132 valence electrons. The number of methoxy groups -OCH3 is 1. The zero-order valence-corrected chi connectivity index (χ0v) is 14.5. The number of hydrogen-bond donors (Lipinski definition) is 0. The Morgan fingerprint density at radius 1 is 1.29 bits per heavy atom. The molecule has 1 unspecified atom stereocenters. The second-order valence-electron chi connectivity index (χ2n) is 5.77. The van der Waals surface area contributed by atoms with Gasteiger partial charge in [-0.2, -0.15) is 0 Å². The maximum atomic E-state index is 12.1. The number of rotatable bonds is 6. The Labute approximate surface area is 141 Å². The second-order valence-corrected chi connectivity index (χ2v) is 8.00. The van der Waals surface area contributed by atoms with E-state index in [9.17, 15) is 18.0 Å².